The summed E-state index contributed by atoms with van der Waals surface area (Å²) in [6, 6.07) is 0. The van der Waals surface area contributed by atoms with Gasteiger partial charge in [0.2, 0.25) is 0 Å². The third-order valence-corrected chi connectivity index (χ3v) is 2.31. The van der Waals surface area contributed by atoms with Crippen molar-refractivity contribution in [2.45, 2.75) is 12.5 Å². The van der Waals surface area contributed by atoms with Gasteiger partial charge in [-0.05, 0) is 6.92 Å². The molecule has 0 saturated heterocycles. The van der Waals surface area contributed by atoms with E-state index in [4.69, 9.17) is 10.8 Å². The van der Waals surface area contributed by atoms with E-state index < -0.39 is 36.9 Å². The highest BCUT2D eigenvalue weighted by Gasteiger charge is 2.52. The number of hydrogen-bond acceptors (Lipinski definition) is 2. The predicted molar refractivity (Wildman–Crippen MR) is 40.6 cm³/mol. The van der Waals surface area contributed by atoms with E-state index in [9.17, 15) is 18.0 Å². The average molecular weight is 199 g/mol. The summed E-state index contributed by atoms with van der Waals surface area (Å²) in [5, 5.41) is 8.55. The fourth-order valence-corrected chi connectivity index (χ4v) is 0.750. The molecule has 1 atom stereocenters. The van der Waals surface area contributed by atoms with Crippen LogP contribution < -0.4 is 5.73 Å². The number of rotatable bonds is 5. The summed E-state index contributed by atoms with van der Waals surface area (Å²) in [6.07, 6.45) is 0. The minimum Gasteiger partial charge on any atom is -0.480 e. The highest BCUT2D eigenvalue weighted by molar-refractivity contribution is 5.79. The molecule has 0 unspecified atom stereocenters. The molecule has 0 spiro atoms. The van der Waals surface area contributed by atoms with Gasteiger partial charge in [0.25, 0.3) is 0 Å². The van der Waals surface area contributed by atoms with Crippen molar-refractivity contribution in [3.8, 4) is 0 Å². The smallest absolute Gasteiger partial charge is 0.324 e. The summed E-state index contributed by atoms with van der Waals surface area (Å²) in [4.78, 5) is 10.5. The normalized spacial score (nSPS) is 16.7. The third-order valence-electron chi connectivity index (χ3n) is 2.31. The van der Waals surface area contributed by atoms with Gasteiger partial charge in [0.1, 0.15) is 25.6 Å². The highest BCUT2D eigenvalue weighted by Crippen LogP contribution is 2.32. The van der Waals surface area contributed by atoms with Crippen LogP contribution in [0.1, 0.15) is 6.92 Å². The first-order chi connectivity index (χ1) is 5.88. The minimum atomic E-state index is -2.28. The first-order valence-corrected chi connectivity index (χ1v) is 3.58. The molecule has 0 aromatic heterocycles. The Morgan fingerprint density at radius 2 is 1.62 bits per heavy atom. The second-order valence-electron chi connectivity index (χ2n) is 3.19. The molecule has 0 bridgehead atoms. The lowest BCUT2D eigenvalue weighted by molar-refractivity contribution is -0.150. The van der Waals surface area contributed by atoms with Crippen LogP contribution in [0.3, 0.4) is 0 Å². The average Bonchev–Trinajstić information content (AvgIpc) is 2.08. The van der Waals surface area contributed by atoms with Crippen molar-refractivity contribution in [3.63, 3.8) is 0 Å². The first-order valence-electron chi connectivity index (χ1n) is 3.58. The number of nitrogens with two attached hydrogens (primary N) is 1. The molecule has 0 aliphatic heterocycles. The van der Waals surface area contributed by atoms with Gasteiger partial charge in [-0.2, -0.15) is 0 Å². The van der Waals surface area contributed by atoms with Gasteiger partial charge in [-0.1, -0.05) is 0 Å². The van der Waals surface area contributed by atoms with Crippen molar-refractivity contribution in [2.24, 2.45) is 11.1 Å². The van der Waals surface area contributed by atoms with E-state index in [1.807, 2.05) is 0 Å². The second-order valence-corrected chi connectivity index (χ2v) is 3.19. The molecule has 3 nitrogen and oxygen atoms in total. The highest BCUT2D eigenvalue weighted by atomic mass is 19.1. The fraction of sp³-hybridized carbons (Fsp3) is 0.857. The number of carboxylic acids is 1. The van der Waals surface area contributed by atoms with E-state index in [0.717, 1.165) is 6.92 Å². The fourth-order valence-electron chi connectivity index (χ4n) is 0.750. The van der Waals surface area contributed by atoms with Crippen LogP contribution in [0.4, 0.5) is 13.2 Å². The molecule has 0 rings (SSSR count). The zero-order chi connectivity index (χ0) is 10.7. The summed E-state index contributed by atoms with van der Waals surface area (Å²) in [7, 11) is 0. The van der Waals surface area contributed by atoms with Gasteiger partial charge < -0.3 is 10.8 Å². The van der Waals surface area contributed by atoms with E-state index in [2.05, 4.69) is 0 Å². The largest absolute Gasteiger partial charge is 0.480 e. The van der Waals surface area contributed by atoms with Crippen LogP contribution in [0.2, 0.25) is 0 Å². The van der Waals surface area contributed by atoms with Gasteiger partial charge in [0.15, 0.2) is 0 Å². The topological polar surface area (TPSA) is 63.3 Å². The molecule has 3 N–H and O–H groups in total. The van der Waals surface area contributed by atoms with Crippen LogP contribution in [0.5, 0.6) is 0 Å². The Morgan fingerprint density at radius 3 is 1.69 bits per heavy atom. The molecule has 0 aromatic rings. The number of alkyl halides is 3. The van der Waals surface area contributed by atoms with E-state index >= 15 is 0 Å². The molecule has 0 fully saturated rings. The predicted octanol–water partition coefficient (Wildman–Crippen LogP) is 0.683. The maximum atomic E-state index is 12.3. The zero-order valence-electron chi connectivity index (χ0n) is 7.19. The van der Waals surface area contributed by atoms with Gasteiger partial charge in [-0.3, -0.25) is 18.0 Å². The summed E-state index contributed by atoms with van der Waals surface area (Å²) in [5.41, 5.74) is 0.627. The van der Waals surface area contributed by atoms with E-state index in [1.54, 1.807) is 0 Å². The molecule has 6 heteroatoms. The summed E-state index contributed by atoms with van der Waals surface area (Å²) in [5.74, 6) is -1.62. The Bertz CT molecular complexity index is 184. The lowest BCUT2D eigenvalue weighted by Crippen LogP contribution is -2.62. The van der Waals surface area contributed by atoms with Gasteiger partial charge >= 0.3 is 5.97 Å². The summed E-state index contributed by atoms with van der Waals surface area (Å²) in [6.45, 7) is -3.44. The van der Waals surface area contributed by atoms with Crippen molar-refractivity contribution in [1.82, 2.24) is 0 Å². The maximum Gasteiger partial charge on any atom is 0.324 e. The molecule has 0 saturated carbocycles. The van der Waals surface area contributed by atoms with Gasteiger partial charge in [0.05, 0.1) is 5.41 Å². The molecular formula is C7H12F3NO2. The van der Waals surface area contributed by atoms with E-state index in [0.29, 0.717) is 0 Å². The van der Waals surface area contributed by atoms with Crippen LogP contribution in [0, 0.1) is 5.41 Å². The van der Waals surface area contributed by atoms with Crippen LogP contribution in [-0.4, -0.2) is 36.6 Å². The molecule has 0 amide bonds. The third kappa shape index (κ3) is 1.77. The quantitative estimate of drug-likeness (QED) is 0.684. The Morgan fingerprint density at radius 1 is 1.31 bits per heavy atom. The standard InChI is InChI=1S/C7H12F3NO2/c1-6(11,5(12)13)7(2-8,3-9)4-10/h2-4,11H2,1H3,(H,12,13)/t6-/m1/s1. The molecule has 0 radical (unpaired) electrons. The molecular weight excluding hydrogens is 187 g/mol. The second kappa shape index (κ2) is 3.95. The summed E-state index contributed by atoms with van der Waals surface area (Å²) >= 11 is 0. The summed E-state index contributed by atoms with van der Waals surface area (Å²) < 4.78 is 37.0. The molecule has 0 heterocycles. The Hall–Kier alpha value is -0.780. The van der Waals surface area contributed by atoms with Crippen LogP contribution in [0.15, 0.2) is 0 Å². The lowest BCUT2D eigenvalue weighted by Gasteiger charge is -2.37. The minimum absolute atomic E-state index is 0.897. The molecule has 78 valence electrons. The van der Waals surface area contributed by atoms with Crippen molar-refractivity contribution in [3.05, 3.63) is 0 Å². The van der Waals surface area contributed by atoms with Crippen molar-refractivity contribution >= 4 is 5.97 Å². The first kappa shape index (κ1) is 12.2. The van der Waals surface area contributed by atoms with Crippen molar-refractivity contribution in [1.29, 1.82) is 0 Å². The Balaban J connectivity index is 5.02. The SMILES string of the molecule is C[C@@](N)(C(=O)O)C(CF)(CF)CF. The van der Waals surface area contributed by atoms with E-state index in [1.165, 1.54) is 0 Å². The number of carbonyl (C=O) groups is 1. The van der Waals surface area contributed by atoms with Gasteiger partial charge in [0, 0.05) is 0 Å². The number of carboxylic acid groups (broad SMARTS) is 1. The van der Waals surface area contributed by atoms with Crippen LogP contribution in [-0.2, 0) is 4.79 Å². The number of hydrogen-bond donors (Lipinski definition) is 2. The lowest BCUT2D eigenvalue weighted by atomic mass is 9.73. The molecule has 0 aliphatic rings. The molecule has 0 aromatic carbocycles. The Kier molecular flexibility index (Phi) is 3.71. The van der Waals surface area contributed by atoms with E-state index in [-0.39, 0.29) is 0 Å². The number of aliphatic carboxylic acids is 1. The van der Waals surface area contributed by atoms with Gasteiger partial charge in [-0.15, -0.1) is 0 Å². The molecule has 0 aliphatic carbocycles. The van der Waals surface area contributed by atoms with Crippen molar-refractivity contribution in [2.75, 3.05) is 20.0 Å². The number of halogens is 3. The maximum absolute atomic E-state index is 12.3. The van der Waals surface area contributed by atoms with Crippen LogP contribution in [0.25, 0.3) is 0 Å². The van der Waals surface area contributed by atoms with Crippen molar-refractivity contribution < 1.29 is 23.1 Å². The zero-order valence-corrected chi connectivity index (χ0v) is 7.19. The monoisotopic (exact) mass is 199 g/mol. The Labute approximate surface area is 73.7 Å². The van der Waals surface area contributed by atoms with Gasteiger partial charge in [-0.25, -0.2) is 0 Å². The molecule has 13 heavy (non-hydrogen) atoms. The van der Waals surface area contributed by atoms with Crippen LogP contribution >= 0.6 is 0 Å².